The van der Waals surface area contributed by atoms with Crippen molar-refractivity contribution in [1.29, 1.82) is 0 Å². The Morgan fingerprint density at radius 1 is 0.554 bits per heavy atom. The van der Waals surface area contributed by atoms with Gasteiger partial charge in [-0.05, 0) is 56.6 Å². The van der Waals surface area contributed by atoms with Crippen LogP contribution in [-0.4, -0.2) is 123 Å². The number of methoxy groups -OCH3 is 2. The summed E-state index contributed by atoms with van der Waals surface area (Å²) in [6.07, 6.45) is -2.23. The molecule has 20 nitrogen and oxygen atoms in total. The standard InChI is InChI=1S/2C32H24F3N3O7S/c2*1-42-31(41)45-15-44-28-22(39)8-9-37-27(28)30(40)36-10-11-43-13-23(36)38(37)26-16-4-2-3-5-17(16)29-25-20(14-46-29)32(34,35)12-19-21(33)7-6-18(26)24(19)25/h2*2-9,14,23,26H,10-13,15H2,1H3/t23-,26-;/m1./s1. The summed E-state index contributed by atoms with van der Waals surface area (Å²) in [6, 6.07) is 21.3. The number of hydrogen-bond acceptors (Lipinski definition) is 18. The molecule has 0 spiro atoms. The molecule has 92 heavy (non-hydrogen) atoms. The van der Waals surface area contributed by atoms with Crippen LogP contribution in [-0.2, 0) is 53.1 Å². The number of carbonyl (C=O) groups is 4. The van der Waals surface area contributed by atoms with Gasteiger partial charge in [0.2, 0.25) is 35.9 Å². The molecule has 2 amide bonds. The molecule has 8 aliphatic rings. The highest BCUT2D eigenvalue weighted by molar-refractivity contribution is 7.14. The molecule has 16 rings (SSSR count). The summed E-state index contributed by atoms with van der Waals surface area (Å²) < 4.78 is 138. The lowest BCUT2D eigenvalue weighted by Gasteiger charge is -2.51. The van der Waals surface area contributed by atoms with Gasteiger partial charge >= 0.3 is 12.3 Å². The second-order valence-electron chi connectivity index (χ2n) is 22.4. The zero-order chi connectivity index (χ0) is 63.8. The highest BCUT2D eigenvalue weighted by Crippen LogP contribution is 2.61. The van der Waals surface area contributed by atoms with E-state index < -0.39 is 109 Å². The minimum atomic E-state index is -3.28. The molecule has 2 fully saturated rings. The molecule has 0 N–H and O–H groups in total. The normalized spacial score (nSPS) is 20.1. The van der Waals surface area contributed by atoms with Gasteiger partial charge in [-0.2, -0.15) is 0 Å². The van der Waals surface area contributed by atoms with Crippen molar-refractivity contribution < 1.29 is 83.4 Å². The van der Waals surface area contributed by atoms with E-state index >= 15 is 26.3 Å². The van der Waals surface area contributed by atoms with E-state index in [1.54, 1.807) is 21.9 Å². The van der Waals surface area contributed by atoms with Crippen LogP contribution in [0.5, 0.6) is 11.5 Å². The van der Waals surface area contributed by atoms with E-state index in [0.717, 1.165) is 25.3 Å². The molecule has 4 aliphatic carbocycles. The molecule has 4 aromatic heterocycles. The Balaban J connectivity index is 0.000000153. The summed E-state index contributed by atoms with van der Waals surface area (Å²) in [5.41, 5.74) is 3.33. The van der Waals surface area contributed by atoms with Crippen LogP contribution in [0.2, 0.25) is 0 Å². The molecule has 0 saturated carbocycles. The van der Waals surface area contributed by atoms with E-state index in [4.69, 9.17) is 28.4 Å². The fourth-order valence-corrected chi connectivity index (χ4v) is 16.3. The zero-order valence-electron chi connectivity index (χ0n) is 48.3. The van der Waals surface area contributed by atoms with E-state index in [9.17, 15) is 28.8 Å². The molecule has 0 bridgehead atoms. The van der Waals surface area contributed by atoms with Crippen molar-refractivity contribution >= 4 is 46.8 Å². The maximum atomic E-state index is 15.6. The van der Waals surface area contributed by atoms with Crippen LogP contribution in [0.15, 0.2) is 118 Å². The molecule has 8 aromatic rings. The monoisotopic (exact) mass is 1300 g/mol. The summed E-state index contributed by atoms with van der Waals surface area (Å²) >= 11 is 2.37. The van der Waals surface area contributed by atoms with Gasteiger partial charge in [0.1, 0.15) is 24.0 Å². The molecule has 472 valence electrons. The van der Waals surface area contributed by atoms with Gasteiger partial charge in [-0.1, -0.05) is 60.7 Å². The smallest absolute Gasteiger partial charge is 0.451 e. The number of alkyl halides is 4. The minimum absolute atomic E-state index is 0.0820. The van der Waals surface area contributed by atoms with Gasteiger partial charge in [-0.25, -0.2) is 35.9 Å². The van der Waals surface area contributed by atoms with E-state index in [-0.39, 0.29) is 84.7 Å². The second kappa shape index (κ2) is 22.1. The SMILES string of the molecule is COC(=O)OCOc1c2n(ccc1=O)N(C1c3ccccc3-c3scc4c3-c3c1ccc(F)c3CC4(F)F)C1COCCN1C2=O.COC(=O)OCOc1c2n(ccc1=O)N([C@@H]1c3ccccc3-c3scc4c3-c3c1ccc(F)c3CC4(F)F)[C@@H]1COCCN1C2=O. The molecule has 28 heteroatoms. The summed E-state index contributed by atoms with van der Waals surface area (Å²) in [7, 11) is 2.23. The van der Waals surface area contributed by atoms with Crippen molar-refractivity contribution in [3.8, 4) is 54.6 Å². The van der Waals surface area contributed by atoms with Gasteiger partial charge in [0, 0.05) is 104 Å². The largest absolute Gasteiger partial charge is 0.510 e. The number of hydrogen-bond donors (Lipinski definition) is 0. The van der Waals surface area contributed by atoms with Crippen molar-refractivity contribution in [2.75, 3.05) is 77.3 Å². The lowest BCUT2D eigenvalue weighted by molar-refractivity contribution is -0.0210. The highest BCUT2D eigenvalue weighted by Gasteiger charge is 2.53. The summed E-state index contributed by atoms with van der Waals surface area (Å²) in [6.45, 7) is -0.392. The number of amides is 2. The van der Waals surface area contributed by atoms with Crippen LogP contribution in [0.25, 0.3) is 43.1 Å². The number of morpholine rings is 2. The van der Waals surface area contributed by atoms with Gasteiger partial charge in [-0.15, -0.1) is 22.7 Å². The fraction of sp³-hybridized carbons (Fsp3) is 0.281. The first-order valence-corrected chi connectivity index (χ1v) is 30.5. The van der Waals surface area contributed by atoms with Crippen LogP contribution in [0.1, 0.15) is 77.6 Å². The van der Waals surface area contributed by atoms with Crippen molar-refractivity contribution in [2.24, 2.45) is 0 Å². The van der Waals surface area contributed by atoms with Crippen molar-refractivity contribution in [3.63, 3.8) is 0 Å². The number of pyridine rings is 2. The van der Waals surface area contributed by atoms with Gasteiger partial charge in [0.15, 0.2) is 11.4 Å². The van der Waals surface area contributed by atoms with E-state index in [2.05, 4.69) is 9.47 Å². The predicted molar refractivity (Wildman–Crippen MR) is 316 cm³/mol. The maximum Gasteiger partial charge on any atom is 0.510 e. The average Bonchev–Trinajstić information content (AvgIpc) is 1.50. The number of thiophene rings is 2. The maximum absolute atomic E-state index is 15.6. The number of halogens is 6. The van der Waals surface area contributed by atoms with Gasteiger partial charge in [0.05, 0.1) is 52.7 Å². The summed E-state index contributed by atoms with van der Waals surface area (Å²) in [5, 5.41) is 6.60. The van der Waals surface area contributed by atoms with Gasteiger partial charge in [-0.3, -0.25) is 38.5 Å². The Hall–Kier alpha value is -9.64. The van der Waals surface area contributed by atoms with Crippen molar-refractivity contribution in [2.45, 2.75) is 49.1 Å². The first-order valence-electron chi connectivity index (χ1n) is 28.8. The number of benzene rings is 4. The molecule has 4 atom stereocenters. The molecule has 4 aliphatic heterocycles. The first-order chi connectivity index (χ1) is 44.4. The second-order valence-corrected chi connectivity index (χ2v) is 24.2. The summed E-state index contributed by atoms with van der Waals surface area (Å²) in [5.74, 6) is -9.74. The first kappa shape index (κ1) is 58.7. The lowest BCUT2D eigenvalue weighted by Crippen LogP contribution is -2.66. The zero-order valence-corrected chi connectivity index (χ0v) is 49.9. The average molecular weight is 1300 g/mol. The highest BCUT2D eigenvalue weighted by atomic mass is 32.1. The predicted octanol–water partition coefficient (Wildman–Crippen LogP) is 10.0. The Morgan fingerprint density at radius 2 is 0.967 bits per heavy atom. The summed E-state index contributed by atoms with van der Waals surface area (Å²) in [4.78, 5) is 81.9. The third-order valence-corrected chi connectivity index (χ3v) is 19.8. The van der Waals surface area contributed by atoms with Crippen molar-refractivity contribution in [3.05, 3.63) is 196 Å². The molecule has 0 radical (unpaired) electrons. The Morgan fingerprint density at radius 3 is 1.38 bits per heavy atom. The Kier molecular flexibility index (Phi) is 14.1. The third-order valence-electron chi connectivity index (χ3n) is 17.8. The number of rotatable bonds is 8. The number of aromatic nitrogens is 2. The minimum Gasteiger partial charge on any atom is -0.451 e. The molecular formula is C64H48F6N6O14S2. The van der Waals surface area contributed by atoms with Gasteiger partial charge in [0.25, 0.3) is 23.7 Å². The van der Waals surface area contributed by atoms with E-state index in [1.165, 1.54) is 79.4 Å². The van der Waals surface area contributed by atoms with Crippen LogP contribution in [0.4, 0.5) is 35.9 Å². The molecule has 8 heterocycles. The number of fused-ring (bicyclic) bond motifs is 8. The fourth-order valence-electron chi connectivity index (χ4n) is 14.0. The number of carbonyl (C=O) groups excluding carboxylic acids is 4. The molecule has 4 aromatic carbocycles. The van der Waals surface area contributed by atoms with Crippen LogP contribution in [0.3, 0.4) is 0 Å². The molecule has 2 saturated heterocycles. The van der Waals surface area contributed by atoms with Gasteiger partial charge < -0.3 is 47.7 Å². The third kappa shape index (κ3) is 8.91. The molecular weight excluding hydrogens is 1250 g/mol. The number of ether oxygens (including phenoxy) is 8. The lowest BCUT2D eigenvalue weighted by atomic mass is 9.80. The van der Waals surface area contributed by atoms with E-state index in [0.29, 0.717) is 54.3 Å². The topological polar surface area (TPSA) is 199 Å². The Bertz CT molecular complexity index is 4310. The molecule has 2 unspecified atom stereocenters. The van der Waals surface area contributed by atoms with Crippen LogP contribution < -0.4 is 30.3 Å². The number of nitrogens with zero attached hydrogens (tertiary/aromatic N) is 6. The van der Waals surface area contributed by atoms with Crippen LogP contribution >= 0.6 is 22.7 Å². The van der Waals surface area contributed by atoms with E-state index in [1.807, 2.05) is 58.5 Å². The van der Waals surface area contributed by atoms with Crippen LogP contribution in [0, 0.1) is 11.6 Å². The van der Waals surface area contributed by atoms with Crippen molar-refractivity contribution in [1.82, 2.24) is 19.2 Å². The Labute approximate surface area is 524 Å². The quantitative estimate of drug-likeness (QED) is 0.0790.